The van der Waals surface area contributed by atoms with Crippen molar-refractivity contribution in [2.75, 3.05) is 5.32 Å². The number of nitrogens with zero attached hydrogens (tertiary/aromatic N) is 4. The number of fused-ring (bicyclic) bond motifs is 1. The van der Waals surface area contributed by atoms with E-state index in [1.165, 1.54) is 11.8 Å². The van der Waals surface area contributed by atoms with E-state index < -0.39 is 5.25 Å². The number of hydrogen-bond donors (Lipinski definition) is 1. The molecule has 0 aliphatic heterocycles. The van der Waals surface area contributed by atoms with Crippen molar-refractivity contribution in [3.05, 3.63) is 96.3 Å². The summed E-state index contributed by atoms with van der Waals surface area (Å²) in [6, 6.07) is 25.1. The van der Waals surface area contributed by atoms with Crippen molar-refractivity contribution in [1.82, 2.24) is 19.7 Å². The topological polar surface area (TPSA) is 72.7 Å². The molecule has 5 rings (SSSR count). The lowest BCUT2D eigenvalue weighted by atomic mass is 10.1. The van der Waals surface area contributed by atoms with Crippen molar-refractivity contribution in [2.24, 2.45) is 0 Å². The highest BCUT2D eigenvalue weighted by atomic mass is 35.5. The predicted octanol–water partition coefficient (Wildman–Crippen LogP) is 6.26. The van der Waals surface area contributed by atoms with Crippen LogP contribution in [0.4, 0.5) is 5.69 Å². The molecule has 0 aliphatic rings. The zero-order valence-corrected chi connectivity index (χ0v) is 19.8. The van der Waals surface area contributed by atoms with E-state index in [0.29, 0.717) is 16.0 Å². The summed E-state index contributed by atoms with van der Waals surface area (Å²) >= 11 is 7.45. The van der Waals surface area contributed by atoms with Crippen molar-refractivity contribution in [1.29, 1.82) is 0 Å². The molecule has 6 nitrogen and oxygen atoms in total. The minimum Gasteiger partial charge on any atom is -0.325 e. The third-order valence-corrected chi connectivity index (χ3v) is 6.62. The highest BCUT2D eigenvalue weighted by molar-refractivity contribution is 8.00. The van der Waals surface area contributed by atoms with E-state index in [1.54, 1.807) is 12.4 Å². The van der Waals surface area contributed by atoms with Crippen LogP contribution in [0.2, 0.25) is 5.02 Å². The molecule has 8 heteroatoms. The van der Waals surface area contributed by atoms with Gasteiger partial charge in [0, 0.05) is 34.4 Å². The standard InChI is InChI=1S/C26H20ClN5OS/c1-17(25(33)29-22-9-6-18-4-2-3-5-20(18)16-22)34-26-31-30-24(19-12-14-28-15-13-19)32(26)23-10-7-21(27)8-11-23/h2-17H,1H3,(H,29,33)/t17-/m0/s1. The molecule has 0 bridgehead atoms. The molecule has 1 N–H and O–H groups in total. The van der Waals surface area contributed by atoms with E-state index in [2.05, 4.69) is 20.5 Å². The van der Waals surface area contributed by atoms with E-state index in [0.717, 1.165) is 27.7 Å². The van der Waals surface area contributed by atoms with Crippen LogP contribution in [0.1, 0.15) is 6.92 Å². The second kappa shape index (κ2) is 9.67. The fraction of sp³-hybridized carbons (Fsp3) is 0.0769. The van der Waals surface area contributed by atoms with E-state index in [9.17, 15) is 4.79 Å². The van der Waals surface area contributed by atoms with Gasteiger partial charge in [-0.15, -0.1) is 10.2 Å². The van der Waals surface area contributed by atoms with E-state index >= 15 is 0 Å². The summed E-state index contributed by atoms with van der Waals surface area (Å²) in [5.41, 5.74) is 2.48. The van der Waals surface area contributed by atoms with Gasteiger partial charge in [-0.1, -0.05) is 53.7 Å². The van der Waals surface area contributed by atoms with Crippen LogP contribution in [0.25, 0.3) is 27.8 Å². The molecule has 0 spiro atoms. The van der Waals surface area contributed by atoms with Crippen LogP contribution in [0.5, 0.6) is 0 Å². The number of rotatable bonds is 6. The zero-order valence-electron chi connectivity index (χ0n) is 18.2. The van der Waals surface area contributed by atoms with Gasteiger partial charge in [0.2, 0.25) is 5.91 Å². The summed E-state index contributed by atoms with van der Waals surface area (Å²) in [7, 11) is 0. The molecule has 5 aromatic rings. The fourth-order valence-corrected chi connectivity index (χ4v) is 4.57. The number of aromatic nitrogens is 4. The van der Waals surface area contributed by atoms with Crippen molar-refractivity contribution in [2.45, 2.75) is 17.3 Å². The number of carbonyl (C=O) groups is 1. The van der Waals surface area contributed by atoms with Gasteiger partial charge in [-0.2, -0.15) is 0 Å². The second-order valence-corrected chi connectivity index (χ2v) is 9.41. The molecule has 0 fully saturated rings. The maximum atomic E-state index is 13.0. The second-order valence-electron chi connectivity index (χ2n) is 7.67. The lowest BCUT2D eigenvalue weighted by Crippen LogP contribution is -2.22. The number of hydrogen-bond acceptors (Lipinski definition) is 5. The first-order valence-electron chi connectivity index (χ1n) is 10.7. The Morgan fingerprint density at radius 2 is 1.68 bits per heavy atom. The minimum absolute atomic E-state index is 0.114. The first-order valence-corrected chi connectivity index (χ1v) is 11.9. The molecular formula is C26H20ClN5OS. The van der Waals surface area contributed by atoms with Gasteiger partial charge in [-0.25, -0.2) is 0 Å². The van der Waals surface area contributed by atoms with E-state index in [1.807, 2.05) is 90.4 Å². The SMILES string of the molecule is C[C@H](Sc1nnc(-c2ccncc2)n1-c1ccc(Cl)cc1)C(=O)Nc1ccc2ccccc2c1. The predicted molar refractivity (Wildman–Crippen MR) is 137 cm³/mol. The summed E-state index contributed by atoms with van der Waals surface area (Å²) < 4.78 is 1.93. The number of benzene rings is 3. The largest absolute Gasteiger partial charge is 0.325 e. The van der Waals surface area contributed by atoms with Crippen molar-refractivity contribution >= 4 is 45.7 Å². The quantitative estimate of drug-likeness (QED) is 0.287. The smallest absolute Gasteiger partial charge is 0.237 e. The normalized spacial score (nSPS) is 11.9. The summed E-state index contributed by atoms with van der Waals surface area (Å²) in [5.74, 6) is 0.547. The van der Waals surface area contributed by atoms with Gasteiger partial charge in [0.15, 0.2) is 11.0 Å². The number of carbonyl (C=O) groups excluding carboxylic acids is 1. The van der Waals surface area contributed by atoms with Crippen LogP contribution in [0, 0.1) is 0 Å². The maximum Gasteiger partial charge on any atom is 0.237 e. The molecule has 3 aromatic carbocycles. The third-order valence-electron chi connectivity index (χ3n) is 5.33. The Morgan fingerprint density at radius 3 is 2.44 bits per heavy atom. The number of halogens is 1. The summed E-state index contributed by atoms with van der Waals surface area (Å²) in [4.78, 5) is 17.1. The Morgan fingerprint density at radius 1 is 0.941 bits per heavy atom. The lowest BCUT2D eigenvalue weighted by Gasteiger charge is -2.14. The average molecular weight is 486 g/mol. The molecule has 34 heavy (non-hydrogen) atoms. The molecule has 1 atom stereocenters. The minimum atomic E-state index is -0.410. The molecular weight excluding hydrogens is 466 g/mol. The van der Waals surface area contributed by atoms with Gasteiger partial charge in [-0.05, 0) is 66.2 Å². The molecule has 168 valence electrons. The number of thioether (sulfide) groups is 1. The molecule has 2 aromatic heterocycles. The Labute approximate surface area is 206 Å². The van der Waals surface area contributed by atoms with Crippen LogP contribution >= 0.6 is 23.4 Å². The summed E-state index contributed by atoms with van der Waals surface area (Å²) in [5, 5.41) is 14.9. The summed E-state index contributed by atoms with van der Waals surface area (Å²) in [6.07, 6.45) is 3.42. The number of nitrogens with one attached hydrogen (secondary N) is 1. The molecule has 0 radical (unpaired) electrons. The zero-order chi connectivity index (χ0) is 23.5. The molecule has 0 aliphatic carbocycles. The first kappa shape index (κ1) is 22.1. The van der Waals surface area contributed by atoms with Gasteiger partial charge in [0.25, 0.3) is 0 Å². The highest BCUT2D eigenvalue weighted by Gasteiger charge is 2.22. The Hall–Kier alpha value is -3.68. The van der Waals surface area contributed by atoms with E-state index in [4.69, 9.17) is 11.6 Å². The Balaban J connectivity index is 1.42. The van der Waals surface area contributed by atoms with Crippen LogP contribution in [-0.2, 0) is 4.79 Å². The number of pyridine rings is 1. The monoisotopic (exact) mass is 485 g/mol. The number of anilines is 1. The molecule has 1 amide bonds. The Kier molecular flexibility index (Phi) is 6.29. The fourth-order valence-electron chi connectivity index (χ4n) is 3.58. The highest BCUT2D eigenvalue weighted by Crippen LogP contribution is 2.31. The van der Waals surface area contributed by atoms with E-state index in [-0.39, 0.29) is 5.91 Å². The van der Waals surface area contributed by atoms with Gasteiger partial charge in [0.05, 0.1) is 5.25 Å². The molecule has 0 saturated heterocycles. The summed E-state index contributed by atoms with van der Waals surface area (Å²) in [6.45, 7) is 1.86. The van der Waals surface area contributed by atoms with Crippen LogP contribution in [0.15, 0.2) is 96.4 Å². The molecule has 2 heterocycles. The van der Waals surface area contributed by atoms with Gasteiger partial charge < -0.3 is 5.32 Å². The molecule has 0 unspecified atom stereocenters. The maximum absolute atomic E-state index is 13.0. The number of amides is 1. The van der Waals surface area contributed by atoms with Gasteiger partial charge >= 0.3 is 0 Å². The average Bonchev–Trinajstić information content (AvgIpc) is 3.28. The third kappa shape index (κ3) is 4.66. The van der Waals surface area contributed by atoms with Crippen LogP contribution in [0.3, 0.4) is 0 Å². The van der Waals surface area contributed by atoms with Crippen molar-refractivity contribution in [3.8, 4) is 17.1 Å². The van der Waals surface area contributed by atoms with Crippen molar-refractivity contribution < 1.29 is 4.79 Å². The van der Waals surface area contributed by atoms with Gasteiger partial charge in [-0.3, -0.25) is 14.3 Å². The van der Waals surface area contributed by atoms with Crippen molar-refractivity contribution in [3.63, 3.8) is 0 Å². The first-order chi connectivity index (χ1) is 16.6. The van der Waals surface area contributed by atoms with Crippen LogP contribution in [-0.4, -0.2) is 30.9 Å². The van der Waals surface area contributed by atoms with Gasteiger partial charge in [0.1, 0.15) is 0 Å². The molecule has 0 saturated carbocycles. The van der Waals surface area contributed by atoms with Crippen LogP contribution < -0.4 is 5.32 Å². The Bertz CT molecular complexity index is 1450. The lowest BCUT2D eigenvalue weighted by molar-refractivity contribution is -0.115.